The molecule has 2 aliphatic rings. The maximum absolute atomic E-state index is 12.8. The number of rotatable bonds is 4. The molecule has 1 atom stereocenters. The number of amides is 1. The van der Waals surface area contributed by atoms with Crippen LogP contribution in [0.3, 0.4) is 0 Å². The van der Waals surface area contributed by atoms with Gasteiger partial charge in [-0.05, 0) is 56.1 Å². The molecular weight excluding hydrogens is 350 g/mol. The molecule has 2 aromatic rings. The van der Waals surface area contributed by atoms with Crippen molar-refractivity contribution in [2.24, 2.45) is 0 Å². The molecule has 1 aromatic carbocycles. The van der Waals surface area contributed by atoms with E-state index >= 15 is 0 Å². The second-order valence-corrected chi connectivity index (χ2v) is 7.58. The SMILES string of the molecule is O=C(NC1CCCC1)c1ccc2c(=O)n(CC3CCCO3)c(=S)[nH]c2c1. The average Bonchev–Trinajstić information content (AvgIpc) is 3.32. The fourth-order valence-corrected chi connectivity index (χ4v) is 4.16. The Bertz CT molecular complexity index is 937. The van der Waals surface area contributed by atoms with E-state index in [4.69, 9.17) is 17.0 Å². The lowest BCUT2D eigenvalue weighted by atomic mass is 10.1. The molecule has 7 heteroatoms. The molecule has 0 spiro atoms. The number of hydrogen-bond acceptors (Lipinski definition) is 4. The van der Waals surface area contributed by atoms with Crippen LogP contribution in [0.2, 0.25) is 0 Å². The van der Waals surface area contributed by atoms with Crippen LogP contribution in [0.4, 0.5) is 0 Å². The van der Waals surface area contributed by atoms with Crippen molar-refractivity contribution >= 4 is 29.0 Å². The predicted octanol–water partition coefficient (Wildman–Crippen LogP) is 2.91. The minimum atomic E-state index is -0.137. The number of hydrogen-bond donors (Lipinski definition) is 2. The molecule has 1 unspecified atom stereocenters. The summed E-state index contributed by atoms with van der Waals surface area (Å²) in [6.07, 6.45) is 6.41. The molecule has 0 radical (unpaired) electrons. The Labute approximate surface area is 156 Å². The van der Waals surface area contributed by atoms with E-state index in [1.165, 1.54) is 12.8 Å². The van der Waals surface area contributed by atoms with Crippen LogP contribution in [0, 0.1) is 4.77 Å². The van der Waals surface area contributed by atoms with Gasteiger partial charge in [-0.2, -0.15) is 0 Å². The van der Waals surface area contributed by atoms with Crippen molar-refractivity contribution in [3.63, 3.8) is 0 Å². The van der Waals surface area contributed by atoms with Crippen LogP contribution in [0.1, 0.15) is 48.9 Å². The highest BCUT2D eigenvalue weighted by Gasteiger charge is 2.20. The van der Waals surface area contributed by atoms with Crippen LogP contribution in [-0.2, 0) is 11.3 Å². The second kappa shape index (κ2) is 7.32. The van der Waals surface area contributed by atoms with E-state index in [1.54, 1.807) is 22.8 Å². The van der Waals surface area contributed by atoms with Crippen LogP contribution in [0.5, 0.6) is 0 Å². The Balaban J connectivity index is 1.63. The highest BCUT2D eigenvalue weighted by Crippen LogP contribution is 2.19. The van der Waals surface area contributed by atoms with Crippen molar-refractivity contribution in [2.75, 3.05) is 6.61 Å². The van der Waals surface area contributed by atoms with Gasteiger partial charge >= 0.3 is 0 Å². The first-order valence-electron chi connectivity index (χ1n) is 9.31. The number of nitrogens with zero attached hydrogens (tertiary/aromatic N) is 1. The van der Waals surface area contributed by atoms with Crippen LogP contribution < -0.4 is 10.9 Å². The zero-order valence-electron chi connectivity index (χ0n) is 14.6. The van der Waals surface area contributed by atoms with Gasteiger partial charge in [-0.15, -0.1) is 0 Å². The summed E-state index contributed by atoms with van der Waals surface area (Å²) in [5, 5.41) is 3.61. The molecular formula is C19H23N3O3S. The van der Waals surface area contributed by atoms with E-state index in [-0.39, 0.29) is 23.6 Å². The largest absolute Gasteiger partial charge is 0.376 e. The zero-order valence-corrected chi connectivity index (χ0v) is 15.4. The smallest absolute Gasteiger partial charge is 0.262 e. The summed E-state index contributed by atoms with van der Waals surface area (Å²) in [5.41, 5.74) is 1.01. The van der Waals surface area contributed by atoms with Crippen molar-refractivity contribution in [1.29, 1.82) is 0 Å². The molecule has 1 amide bonds. The summed E-state index contributed by atoms with van der Waals surface area (Å²) in [7, 11) is 0. The number of carbonyl (C=O) groups is 1. The molecule has 2 fully saturated rings. The number of ether oxygens (including phenoxy) is 1. The third-order valence-corrected chi connectivity index (χ3v) is 5.67. The maximum atomic E-state index is 12.8. The maximum Gasteiger partial charge on any atom is 0.262 e. The van der Waals surface area contributed by atoms with Crippen LogP contribution in [-0.4, -0.2) is 34.2 Å². The Hall–Kier alpha value is -1.99. The van der Waals surface area contributed by atoms with E-state index in [2.05, 4.69) is 10.3 Å². The molecule has 1 aromatic heterocycles. The van der Waals surface area contributed by atoms with Crippen molar-refractivity contribution < 1.29 is 9.53 Å². The zero-order chi connectivity index (χ0) is 18.1. The molecule has 1 saturated heterocycles. The van der Waals surface area contributed by atoms with E-state index in [9.17, 15) is 9.59 Å². The van der Waals surface area contributed by atoms with Gasteiger partial charge < -0.3 is 15.0 Å². The number of nitrogens with one attached hydrogen (secondary N) is 2. The summed E-state index contributed by atoms with van der Waals surface area (Å²) in [5.74, 6) is -0.0957. The summed E-state index contributed by atoms with van der Waals surface area (Å²) < 4.78 is 7.55. The van der Waals surface area contributed by atoms with Crippen molar-refractivity contribution in [1.82, 2.24) is 14.9 Å². The Morgan fingerprint density at radius 3 is 2.81 bits per heavy atom. The number of benzene rings is 1. The van der Waals surface area contributed by atoms with Gasteiger partial charge in [0.1, 0.15) is 0 Å². The second-order valence-electron chi connectivity index (χ2n) is 7.20. The topological polar surface area (TPSA) is 76.1 Å². The molecule has 0 bridgehead atoms. The van der Waals surface area contributed by atoms with Crippen LogP contribution in [0.15, 0.2) is 23.0 Å². The van der Waals surface area contributed by atoms with Crippen molar-refractivity contribution in [3.8, 4) is 0 Å². The molecule has 2 heterocycles. The Morgan fingerprint density at radius 2 is 2.08 bits per heavy atom. The number of H-pyrrole nitrogens is 1. The monoisotopic (exact) mass is 373 g/mol. The van der Waals surface area contributed by atoms with E-state index in [0.717, 1.165) is 32.3 Å². The van der Waals surface area contributed by atoms with Gasteiger partial charge in [0, 0.05) is 18.2 Å². The molecule has 1 saturated carbocycles. The Morgan fingerprint density at radius 1 is 1.27 bits per heavy atom. The van der Waals surface area contributed by atoms with Gasteiger partial charge in [0.15, 0.2) is 4.77 Å². The first-order valence-corrected chi connectivity index (χ1v) is 9.72. The van der Waals surface area contributed by atoms with Gasteiger partial charge in [0.2, 0.25) is 0 Å². The van der Waals surface area contributed by atoms with Gasteiger partial charge in [0.05, 0.1) is 23.6 Å². The van der Waals surface area contributed by atoms with Crippen LogP contribution >= 0.6 is 12.2 Å². The fraction of sp³-hybridized carbons (Fsp3) is 0.526. The molecule has 1 aliphatic carbocycles. The normalized spacial score (nSPS) is 20.7. The van der Waals surface area contributed by atoms with E-state index in [0.29, 0.717) is 27.8 Å². The average molecular weight is 373 g/mol. The standard InChI is InChI=1S/C19H23N3O3S/c23-17(20-13-4-1-2-5-13)12-7-8-15-16(10-12)21-19(26)22(18(15)24)11-14-6-3-9-25-14/h7-8,10,13-14H,1-6,9,11H2,(H,20,23)(H,21,26). The number of aromatic amines is 1. The lowest BCUT2D eigenvalue weighted by Crippen LogP contribution is -2.32. The molecule has 1 aliphatic heterocycles. The Kier molecular flexibility index (Phi) is 4.91. The van der Waals surface area contributed by atoms with Gasteiger partial charge in [-0.25, -0.2) is 0 Å². The van der Waals surface area contributed by atoms with Crippen LogP contribution in [0.25, 0.3) is 10.9 Å². The predicted molar refractivity (Wildman–Crippen MR) is 102 cm³/mol. The van der Waals surface area contributed by atoms with Crippen molar-refractivity contribution in [2.45, 2.75) is 57.2 Å². The van der Waals surface area contributed by atoms with E-state index < -0.39 is 0 Å². The van der Waals surface area contributed by atoms with Gasteiger partial charge in [-0.3, -0.25) is 14.2 Å². The van der Waals surface area contributed by atoms with Gasteiger partial charge in [0.25, 0.3) is 11.5 Å². The summed E-state index contributed by atoms with van der Waals surface area (Å²) in [6.45, 7) is 1.21. The summed E-state index contributed by atoms with van der Waals surface area (Å²) in [4.78, 5) is 28.4. The fourth-order valence-electron chi connectivity index (χ4n) is 3.89. The lowest BCUT2D eigenvalue weighted by Gasteiger charge is -2.14. The quantitative estimate of drug-likeness (QED) is 0.808. The summed E-state index contributed by atoms with van der Waals surface area (Å²) >= 11 is 5.38. The van der Waals surface area contributed by atoms with Crippen molar-refractivity contribution in [3.05, 3.63) is 38.9 Å². The third kappa shape index (κ3) is 3.46. The molecule has 6 nitrogen and oxygen atoms in total. The lowest BCUT2D eigenvalue weighted by molar-refractivity contribution is 0.0937. The molecule has 4 rings (SSSR count). The number of carbonyl (C=O) groups excluding carboxylic acids is 1. The number of fused-ring (bicyclic) bond motifs is 1. The summed E-state index contributed by atoms with van der Waals surface area (Å²) in [6, 6.07) is 5.39. The third-order valence-electron chi connectivity index (χ3n) is 5.34. The molecule has 138 valence electrons. The first-order chi connectivity index (χ1) is 12.6. The highest BCUT2D eigenvalue weighted by molar-refractivity contribution is 7.71. The highest BCUT2D eigenvalue weighted by atomic mass is 32.1. The van der Waals surface area contributed by atoms with Gasteiger partial charge in [-0.1, -0.05) is 12.8 Å². The van der Waals surface area contributed by atoms with E-state index in [1.807, 2.05) is 0 Å². The molecule has 2 N–H and O–H groups in total. The first kappa shape index (κ1) is 17.4. The minimum absolute atomic E-state index is 0.0386. The molecule has 26 heavy (non-hydrogen) atoms. The minimum Gasteiger partial charge on any atom is -0.376 e. The number of aromatic nitrogens is 2.